The molecule has 1 fully saturated rings. The van der Waals surface area contributed by atoms with Gasteiger partial charge in [0.15, 0.2) is 6.10 Å². The number of fused-ring (bicyclic) bond motifs is 1. The lowest BCUT2D eigenvalue weighted by atomic mass is 10.1. The highest BCUT2D eigenvalue weighted by atomic mass is 32.2. The number of aromatic nitrogens is 2. The third kappa shape index (κ3) is 4.85. The monoisotopic (exact) mass is 479 g/mol. The SMILES string of the molecule is C[C@@H](Oc1cc(F)ccc1Nc1ncnc2cc(N=S3(=O)CCC3)cc(C(F)F)c12)C(N)=O. The van der Waals surface area contributed by atoms with E-state index in [2.05, 4.69) is 19.6 Å². The Morgan fingerprint density at radius 2 is 2.00 bits per heavy atom. The van der Waals surface area contributed by atoms with E-state index in [-0.39, 0.29) is 33.8 Å². The molecule has 1 atom stereocenters. The van der Waals surface area contributed by atoms with Crippen molar-refractivity contribution in [2.45, 2.75) is 25.9 Å². The molecule has 0 saturated carbocycles. The molecule has 1 aromatic heterocycles. The van der Waals surface area contributed by atoms with Crippen molar-refractivity contribution in [3.8, 4) is 5.75 Å². The molecular formula is C21H20F3N5O3S. The fourth-order valence-corrected chi connectivity index (χ4v) is 4.73. The predicted molar refractivity (Wildman–Crippen MR) is 118 cm³/mol. The van der Waals surface area contributed by atoms with E-state index in [1.54, 1.807) is 0 Å². The smallest absolute Gasteiger partial charge is 0.264 e. The van der Waals surface area contributed by atoms with E-state index in [9.17, 15) is 22.2 Å². The van der Waals surface area contributed by atoms with Gasteiger partial charge in [0.2, 0.25) is 0 Å². The van der Waals surface area contributed by atoms with E-state index in [0.717, 1.165) is 18.6 Å². The number of rotatable bonds is 7. The highest BCUT2D eigenvalue weighted by molar-refractivity contribution is 7.95. The number of carbonyl (C=O) groups excluding carboxylic acids is 1. The van der Waals surface area contributed by atoms with E-state index in [4.69, 9.17) is 10.5 Å². The summed E-state index contributed by atoms with van der Waals surface area (Å²) in [5, 5.41) is 2.88. The number of nitrogens with one attached hydrogen (secondary N) is 1. The number of nitrogens with zero attached hydrogens (tertiary/aromatic N) is 3. The third-order valence-corrected chi connectivity index (χ3v) is 7.48. The molecule has 3 aromatic rings. The van der Waals surface area contributed by atoms with Crippen molar-refractivity contribution >= 4 is 43.7 Å². The van der Waals surface area contributed by atoms with Gasteiger partial charge in [-0.15, -0.1) is 0 Å². The van der Waals surface area contributed by atoms with Gasteiger partial charge < -0.3 is 15.8 Å². The molecule has 2 heterocycles. The maximum Gasteiger partial charge on any atom is 0.264 e. The van der Waals surface area contributed by atoms with Gasteiger partial charge in [-0.2, -0.15) is 4.36 Å². The fourth-order valence-electron chi connectivity index (χ4n) is 3.27. The summed E-state index contributed by atoms with van der Waals surface area (Å²) < 4.78 is 63.9. The van der Waals surface area contributed by atoms with Crippen LogP contribution in [0, 0.1) is 5.82 Å². The van der Waals surface area contributed by atoms with Crippen molar-refractivity contribution < 1.29 is 26.9 Å². The average molecular weight is 479 g/mol. The van der Waals surface area contributed by atoms with E-state index < -0.39 is 39.5 Å². The van der Waals surface area contributed by atoms with Crippen LogP contribution in [-0.4, -0.2) is 37.7 Å². The lowest BCUT2D eigenvalue weighted by Gasteiger charge is -2.19. The Kier molecular flexibility index (Phi) is 6.11. The Labute approximate surface area is 187 Å². The number of benzene rings is 2. The molecule has 0 radical (unpaired) electrons. The maximum atomic E-state index is 14.0. The summed E-state index contributed by atoms with van der Waals surface area (Å²) in [6.07, 6.45) is -2.01. The highest BCUT2D eigenvalue weighted by Crippen LogP contribution is 2.38. The Morgan fingerprint density at radius 1 is 1.24 bits per heavy atom. The van der Waals surface area contributed by atoms with Crippen molar-refractivity contribution in [3.63, 3.8) is 0 Å². The second kappa shape index (κ2) is 8.85. The van der Waals surface area contributed by atoms with Crippen LogP contribution < -0.4 is 15.8 Å². The second-order valence-electron chi connectivity index (χ2n) is 7.51. The van der Waals surface area contributed by atoms with Gasteiger partial charge in [-0.05, 0) is 37.6 Å². The van der Waals surface area contributed by atoms with Gasteiger partial charge in [-0.25, -0.2) is 27.3 Å². The molecule has 1 aliphatic heterocycles. The molecule has 1 amide bonds. The average Bonchev–Trinajstić information content (AvgIpc) is 2.73. The molecule has 0 bridgehead atoms. The molecule has 33 heavy (non-hydrogen) atoms. The summed E-state index contributed by atoms with van der Waals surface area (Å²) in [4.78, 5) is 19.5. The van der Waals surface area contributed by atoms with E-state index in [1.807, 2.05) is 0 Å². The predicted octanol–water partition coefficient (Wildman–Crippen LogP) is 4.21. The zero-order chi connectivity index (χ0) is 23.8. The van der Waals surface area contributed by atoms with Crippen LogP contribution in [0.1, 0.15) is 25.3 Å². The molecule has 0 unspecified atom stereocenters. The molecule has 8 nitrogen and oxygen atoms in total. The van der Waals surface area contributed by atoms with Crippen LogP contribution in [0.3, 0.4) is 0 Å². The Balaban J connectivity index is 1.80. The number of hydrogen-bond acceptors (Lipinski definition) is 7. The topological polar surface area (TPSA) is 120 Å². The van der Waals surface area contributed by atoms with Crippen molar-refractivity contribution in [1.82, 2.24) is 9.97 Å². The summed E-state index contributed by atoms with van der Waals surface area (Å²) in [6, 6.07) is 6.12. The number of carbonyl (C=O) groups is 1. The minimum absolute atomic E-state index is 0.0119. The quantitative estimate of drug-likeness (QED) is 0.524. The number of halogens is 3. The molecule has 1 aliphatic rings. The zero-order valence-electron chi connectivity index (χ0n) is 17.4. The first-order valence-corrected chi connectivity index (χ1v) is 11.8. The number of ether oxygens (including phenoxy) is 1. The molecule has 1 saturated heterocycles. The van der Waals surface area contributed by atoms with Crippen LogP contribution in [0.25, 0.3) is 10.9 Å². The minimum Gasteiger partial charge on any atom is -0.479 e. The van der Waals surface area contributed by atoms with Crippen molar-refractivity contribution in [2.24, 2.45) is 10.1 Å². The number of alkyl halides is 2. The summed E-state index contributed by atoms with van der Waals surface area (Å²) in [5.74, 6) is -0.577. The van der Waals surface area contributed by atoms with Crippen LogP contribution in [0.15, 0.2) is 41.0 Å². The summed E-state index contributed by atoms with van der Waals surface area (Å²) in [6.45, 7) is 1.39. The largest absolute Gasteiger partial charge is 0.479 e. The highest BCUT2D eigenvalue weighted by Gasteiger charge is 2.23. The molecule has 0 aliphatic carbocycles. The zero-order valence-corrected chi connectivity index (χ0v) is 18.2. The van der Waals surface area contributed by atoms with E-state index in [1.165, 1.54) is 31.5 Å². The van der Waals surface area contributed by atoms with Crippen molar-refractivity contribution in [3.05, 3.63) is 48.0 Å². The van der Waals surface area contributed by atoms with Gasteiger partial charge in [0, 0.05) is 23.1 Å². The van der Waals surface area contributed by atoms with Crippen LogP contribution >= 0.6 is 0 Å². The Bertz CT molecular complexity index is 1350. The number of amides is 1. The fraction of sp³-hybridized carbons (Fsp3) is 0.286. The third-order valence-electron chi connectivity index (χ3n) is 5.09. The van der Waals surface area contributed by atoms with Gasteiger partial charge in [0.05, 0.1) is 32.0 Å². The van der Waals surface area contributed by atoms with Gasteiger partial charge in [0.25, 0.3) is 12.3 Å². The summed E-state index contributed by atoms with van der Waals surface area (Å²) >= 11 is 0. The van der Waals surface area contributed by atoms with Crippen molar-refractivity contribution in [1.29, 1.82) is 0 Å². The van der Waals surface area contributed by atoms with E-state index >= 15 is 0 Å². The Hall–Kier alpha value is -3.41. The van der Waals surface area contributed by atoms with Gasteiger partial charge in [0.1, 0.15) is 23.7 Å². The lowest BCUT2D eigenvalue weighted by Crippen LogP contribution is -2.30. The van der Waals surface area contributed by atoms with Crippen LogP contribution in [0.2, 0.25) is 0 Å². The summed E-state index contributed by atoms with van der Waals surface area (Å²) in [7, 11) is -2.41. The molecule has 2 aromatic carbocycles. The minimum atomic E-state index is -2.90. The van der Waals surface area contributed by atoms with Crippen LogP contribution in [-0.2, 0) is 14.5 Å². The number of anilines is 2. The van der Waals surface area contributed by atoms with Crippen LogP contribution in [0.4, 0.5) is 30.4 Å². The molecule has 0 spiro atoms. The van der Waals surface area contributed by atoms with Crippen molar-refractivity contribution in [2.75, 3.05) is 16.8 Å². The lowest BCUT2D eigenvalue weighted by molar-refractivity contribution is -0.123. The van der Waals surface area contributed by atoms with Gasteiger partial charge in [-0.3, -0.25) is 4.79 Å². The normalized spacial score (nSPS) is 15.7. The van der Waals surface area contributed by atoms with Gasteiger partial charge in [-0.1, -0.05) is 0 Å². The summed E-state index contributed by atoms with van der Waals surface area (Å²) in [5.41, 5.74) is 5.32. The number of hydrogen-bond donors (Lipinski definition) is 2. The van der Waals surface area contributed by atoms with Crippen LogP contribution in [0.5, 0.6) is 5.75 Å². The molecule has 3 N–H and O–H groups in total. The standard InChI is InChI=1S/C21H20F3N5O3S/c1-11(20(25)30)32-17-7-12(22)3-4-15(17)28-21-18-14(19(23)24)8-13(9-16(18)26-10-27-21)29-33(31)5-2-6-33/h3-4,7-11,19H,2,5-6H2,1H3,(H2,25,30)(H,26,27,28)/t11-/m1/s1. The first-order chi connectivity index (χ1) is 15.6. The molecule has 4 rings (SSSR count). The first kappa shape index (κ1) is 22.8. The first-order valence-electron chi connectivity index (χ1n) is 9.97. The molecule has 174 valence electrons. The molecular weight excluding hydrogens is 459 g/mol. The Morgan fingerprint density at radius 3 is 2.64 bits per heavy atom. The molecule has 12 heteroatoms. The number of nitrogens with two attached hydrogens (primary N) is 1. The van der Waals surface area contributed by atoms with Gasteiger partial charge >= 0.3 is 0 Å². The second-order valence-corrected chi connectivity index (χ2v) is 10.0. The maximum absolute atomic E-state index is 14.0. The van der Waals surface area contributed by atoms with E-state index in [0.29, 0.717) is 11.5 Å². The number of primary amides is 1.